The molecule has 4 unspecified atom stereocenters. The molecule has 2 spiro atoms. The van der Waals surface area contributed by atoms with Crippen molar-refractivity contribution in [3.8, 4) is 5.75 Å². The van der Waals surface area contributed by atoms with Crippen molar-refractivity contribution in [2.45, 2.75) is 112 Å². The zero-order valence-electron chi connectivity index (χ0n) is 25.8. The second-order valence-electron chi connectivity index (χ2n) is 13.3. The molecule has 2 saturated carbocycles. The second-order valence-corrected chi connectivity index (χ2v) is 13.3. The number of hydrogen-bond acceptors (Lipinski definition) is 8. The minimum atomic E-state index is -0.783. The maximum Gasteiger partial charge on any atom is 0.411 e. The molecule has 2 aliphatic carbocycles. The van der Waals surface area contributed by atoms with E-state index in [-0.39, 0.29) is 5.91 Å². The fraction of sp³-hybridized carbons (Fsp3) is 0.600. The number of carbonyl (C=O) groups is 2. The fourth-order valence-corrected chi connectivity index (χ4v) is 8.46. The molecule has 0 aromatic heterocycles. The smallest absolute Gasteiger partial charge is 0.411 e. The van der Waals surface area contributed by atoms with Crippen molar-refractivity contribution in [2.24, 2.45) is 0 Å². The average molecular weight is 619 g/mol. The van der Waals surface area contributed by atoms with Crippen molar-refractivity contribution >= 4 is 17.7 Å². The highest BCUT2D eigenvalue weighted by Crippen LogP contribution is 2.49. The summed E-state index contributed by atoms with van der Waals surface area (Å²) >= 11 is 0. The molecule has 10 heteroatoms. The SMILES string of the molecule is COc1ccc(N2C(=O)C(N3C(=O)O[C@@H](C4COC5(CCCCC5)O4)[C@@H]3C3COC4(CCCCC4)O3)C2c2ccccc2)cc1. The van der Waals surface area contributed by atoms with Gasteiger partial charge in [-0.2, -0.15) is 0 Å². The van der Waals surface area contributed by atoms with E-state index in [0.717, 1.165) is 69.0 Å². The quantitative estimate of drug-likeness (QED) is 0.392. The molecule has 6 atom stereocenters. The Morgan fingerprint density at radius 3 is 1.96 bits per heavy atom. The Labute approximate surface area is 263 Å². The predicted octanol–water partition coefficient (Wildman–Crippen LogP) is 5.49. The first kappa shape index (κ1) is 29.2. The first-order valence-corrected chi connectivity index (χ1v) is 16.6. The van der Waals surface area contributed by atoms with Crippen molar-refractivity contribution in [2.75, 3.05) is 25.2 Å². The molecule has 4 heterocycles. The Hall–Kier alpha value is -3.18. The van der Waals surface area contributed by atoms with Gasteiger partial charge < -0.3 is 33.3 Å². The number of ether oxygens (including phenoxy) is 6. The summed E-state index contributed by atoms with van der Waals surface area (Å²) in [4.78, 5) is 31.7. The summed E-state index contributed by atoms with van der Waals surface area (Å²) in [6.45, 7) is 0.659. The third-order valence-electron chi connectivity index (χ3n) is 10.7. The molecular formula is C35H42N2O8. The topological polar surface area (TPSA) is 96.0 Å². The van der Waals surface area contributed by atoms with E-state index in [0.29, 0.717) is 19.0 Å². The Bertz CT molecular complexity index is 1390. The summed E-state index contributed by atoms with van der Waals surface area (Å²) in [7, 11) is 1.61. The van der Waals surface area contributed by atoms with Crippen LogP contribution in [0.3, 0.4) is 0 Å². The number of hydrogen-bond donors (Lipinski definition) is 0. The number of rotatable bonds is 6. The molecule has 0 N–H and O–H groups in total. The fourth-order valence-electron chi connectivity index (χ4n) is 8.46. The van der Waals surface area contributed by atoms with Crippen LogP contribution in [0.15, 0.2) is 54.6 Å². The first-order chi connectivity index (χ1) is 22.0. The molecule has 6 aliphatic rings. The van der Waals surface area contributed by atoms with Gasteiger partial charge >= 0.3 is 6.09 Å². The Morgan fingerprint density at radius 2 is 1.33 bits per heavy atom. The molecule has 8 rings (SSSR count). The maximum atomic E-state index is 14.3. The van der Waals surface area contributed by atoms with Gasteiger partial charge in [-0.1, -0.05) is 43.2 Å². The van der Waals surface area contributed by atoms with E-state index in [2.05, 4.69) is 0 Å². The number of methoxy groups -OCH3 is 1. The lowest BCUT2D eigenvalue weighted by Crippen LogP contribution is -2.69. The molecule has 2 amide bonds. The van der Waals surface area contributed by atoms with E-state index in [1.165, 1.54) is 6.42 Å². The monoisotopic (exact) mass is 618 g/mol. The molecule has 10 nitrogen and oxygen atoms in total. The highest BCUT2D eigenvalue weighted by molar-refractivity contribution is 6.07. The van der Waals surface area contributed by atoms with Gasteiger partial charge in [0.15, 0.2) is 17.7 Å². The van der Waals surface area contributed by atoms with Crippen molar-refractivity contribution in [3.05, 3.63) is 60.2 Å². The lowest BCUT2D eigenvalue weighted by atomic mass is 9.84. The Morgan fingerprint density at radius 1 is 0.733 bits per heavy atom. The van der Waals surface area contributed by atoms with Gasteiger partial charge in [-0.15, -0.1) is 0 Å². The zero-order chi connectivity index (χ0) is 30.6. The normalized spacial score (nSPS) is 33.9. The number of nitrogens with zero attached hydrogens (tertiary/aromatic N) is 2. The van der Waals surface area contributed by atoms with E-state index in [1.807, 2.05) is 54.6 Å². The summed E-state index contributed by atoms with van der Waals surface area (Å²) in [6, 6.07) is 15.5. The standard InChI is InChI=1S/C35H42N2O8/c1-40-25-15-13-24(14-16-25)36-28(23-11-5-2-6-12-23)30(32(36)38)37-29(26-21-41-34(44-26)17-7-3-8-18-34)31(43-33(37)39)27-22-42-35(45-27)19-9-4-10-20-35/h2,5-6,11-16,26-31H,3-4,7-10,17-22H2,1H3/t26?,27?,28?,29-,30?,31-/m0/s1. The minimum absolute atomic E-state index is 0.171. The summed E-state index contributed by atoms with van der Waals surface area (Å²) in [5, 5.41) is 0. The summed E-state index contributed by atoms with van der Waals surface area (Å²) < 4.78 is 37.7. The zero-order valence-corrected chi connectivity index (χ0v) is 25.8. The van der Waals surface area contributed by atoms with Crippen LogP contribution >= 0.6 is 0 Å². The van der Waals surface area contributed by atoms with Crippen LogP contribution in [0.4, 0.5) is 10.5 Å². The molecule has 0 bridgehead atoms. The molecule has 6 fully saturated rings. The Kier molecular flexibility index (Phi) is 7.51. The molecule has 0 radical (unpaired) electrons. The third-order valence-corrected chi connectivity index (χ3v) is 10.7. The van der Waals surface area contributed by atoms with E-state index in [1.54, 1.807) is 16.9 Å². The molecule has 4 aliphatic heterocycles. The van der Waals surface area contributed by atoms with Gasteiger partial charge in [-0.3, -0.25) is 9.69 Å². The van der Waals surface area contributed by atoms with Crippen LogP contribution in [0.5, 0.6) is 5.75 Å². The van der Waals surface area contributed by atoms with Gasteiger partial charge in [0, 0.05) is 31.4 Å². The van der Waals surface area contributed by atoms with Gasteiger partial charge in [-0.25, -0.2) is 4.79 Å². The minimum Gasteiger partial charge on any atom is -0.497 e. The van der Waals surface area contributed by atoms with Crippen molar-refractivity contribution < 1.29 is 38.0 Å². The van der Waals surface area contributed by atoms with Gasteiger partial charge in [0.25, 0.3) is 5.91 Å². The van der Waals surface area contributed by atoms with Gasteiger partial charge in [0.2, 0.25) is 0 Å². The van der Waals surface area contributed by atoms with Crippen LogP contribution < -0.4 is 9.64 Å². The van der Waals surface area contributed by atoms with Crippen LogP contribution in [-0.4, -0.2) is 79.2 Å². The molecule has 240 valence electrons. The largest absolute Gasteiger partial charge is 0.497 e. The molecule has 45 heavy (non-hydrogen) atoms. The van der Waals surface area contributed by atoms with E-state index < -0.39 is 54.1 Å². The summed E-state index contributed by atoms with van der Waals surface area (Å²) in [5.74, 6) is -0.750. The lowest BCUT2D eigenvalue weighted by Gasteiger charge is -2.51. The van der Waals surface area contributed by atoms with Crippen LogP contribution in [0.2, 0.25) is 0 Å². The molecular weight excluding hydrogens is 576 g/mol. The molecule has 4 saturated heterocycles. The third kappa shape index (κ3) is 5.01. The number of carbonyl (C=O) groups excluding carboxylic acids is 2. The van der Waals surface area contributed by atoms with Gasteiger partial charge in [0.05, 0.1) is 26.4 Å². The van der Waals surface area contributed by atoms with Gasteiger partial charge in [-0.05, 0) is 55.5 Å². The van der Waals surface area contributed by atoms with Crippen LogP contribution in [0, 0.1) is 0 Å². The van der Waals surface area contributed by atoms with E-state index in [9.17, 15) is 9.59 Å². The highest BCUT2D eigenvalue weighted by Gasteiger charge is 2.64. The molecule has 2 aromatic rings. The maximum absolute atomic E-state index is 14.3. The summed E-state index contributed by atoms with van der Waals surface area (Å²) in [5.41, 5.74) is 1.67. The van der Waals surface area contributed by atoms with E-state index in [4.69, 9.17) is 28.4 Å². The van der Waals surface area contributed by atoms with Gasteiger partial charge in [0.1, 0.15) is 30.0 Å². The summed E-state index contributed by atoms with van der Waals surface area (Å²) in [6.07, 6.45) is 7.68. The van der Waals surface area contributed by atoms with Crippen molar-refractivity contribution in [1.29, 1.82) is 0 Å². The number of benzene rings is 2. The van der Waals surface area contributed by atoms with Crippen LogP contribution in [0.1, 0.15) is 75.8 Å². The predicted molar refractivity (Wildman–Crippen MR) is 163 cm³/mol. The first-order valence-electron chi connectivity index (χ1n) is 16.6. The second kappa shape index (κ2) is 11.6. The van der Waals surface area contributed by atoms with Crippen LogP contribution in [0.25, 0.3) is 0 Å². The number of anilines is 1. The highest BCUT2D eigenvalue weighted by atomic mass is 16.8. The number of cyclic esters (lactones) is 1. The number of β-lactam (4-membered cyclic amide) rings is 1. The van der Waals surface area contributed by atoms with Crippen molar-refractivity contribution in [3.63, 3.8) is 0 Å². The number of amides is 2. The van der Waals surface area contributed by atoms with Crippen molar-refractivity contribution in [1.82, 2.24) is 4.90 Å². The van der Waals surface area contributed by atoms with E-state index >= 15 is 0 Å². The molecule has 2 aromatic carbocycles. The average Bonchev–Trinajstić information content (AvgIpc) is 3.77. The van der Waals surface area contributed by atoms with Crippen LogP contribution in [-0.2, 0) is 28.5 Å². The Balaban J connectivity index is 1.14. The lowest BCUT2D eigenvalue weighted by molar-refractivity contribution is -0.204.